The van der Waals surface area contributed by atoms with E-state index in [-0.39, 0.29) is 25.4 Å². The highest BCUT2D eigenvalue weighted by Gasteiger charge is 2.20. The smallest absolute Gasteiger partial charge is 0.341 e. The minimum atomic E-state index is -0.461. The number of carbonyl (C=O) groups is 2. The maximum absolute atomic E-state index is 12.9. The van der Waals surface area contributed by atoms with Crippen LogP contribution in [0.15, 0.2) is 28.7 Å². The van der Waals surface area contributed by atoms with E-state index in [0.29, 0.717) is 34.3 Å². The van der Waals surface area contributed by atoms with Crippen LogP contribution in [0, 0.1) is 25.2 Å². The quantitative estimate of drug-likeness (QED) is 0.608. The number of hydrogen-bond donors (Lipinski definition) is 0. The molecule has 0 N–H and O–H groups in total. The van der Waals surface area contributed by atoms with Crippen molar-refractivity contribution in [3.05, 3.63) is 51.9 Å². The van der Waals surface area contributed by atoms with Crippen molar-refractivity contribution in [3.8, 4) is 6.07 Å². The summed E-state index contributed by atoms with van der Waals surface area (Å²) in [4.78, 5) is 28.0. The summed E-state index contributed by atoms with van der Waals surface area (Å²) in [5, 5.41) is 9.56. The van der Waals surface area contributed by atoms with Gasteiger partial charge in [-0.15, -0.1) is 0 Å². The van der Waals surface area contributed by atoms with Crippen molar-refractivity contribution in [3.63, 3.8) is 0 Å². The number of amides is 1. The number of carbonyl (C=O) groups excluding carboxylic acids is 2. The zero-order valence-electron chi connectivity index (χ0n) is 17.0. The molecule has 0 unspecified atom stereocenters. The Labute approximate surface area is 175 Å². The summed E-state index contributed by atoms with van der Waals surface area (Å²) in [5.74, 6) is 0.418. The van der Waals surface area contributed by atoms with Crippen molar-refractivity contribution < 1.29 is 18.7 Å². The minimum absolute atomic E-state index is 0.112. The number of halogens is 1. The standard InChI is InChI=1S/C21H24ClN3O4/c1-14-10-16(6-7-19(14)22)25(9-5-8-23)20(26)13-24(3)12-17-11-18(15(2)29-17)21(27)28-4/h6-7,10-11H,5,9,12-13H2,1-4H3. The molecule has 7 nitrogen and oxygen atoms in total. The molecule has 1 aromatic heterocycles. The summed E-state index contributed by atoms with van der Waals surface area (Å²) < 4.78 is 10.3. The van der Waals surface area contributed by atoms with Gasteiger partial charge in [-0.25, -0.2) is 4.79 Å². The van der Waals surface area contributed by atoms with Gasteiger partial charge in [0, 0.05) is 17.3 Å². The Bertz CT molecular complexity index is 932. The van der Waals surface area contributed by atoms with Gasteiger partial charge in [0.05, 0.1) is 32.7 Å². The number of nitrogens with zero attached hydrogens (tertiary/aromatic N) is 3. The van der Waals surface area contributed by atoms with Crippen molar-refractivity contribution in [2.24, 2.45) is 0 Å². The lowest BCUT2D eigenvalue weighted by Crippen LogP contribution is -2.39. The van der Waals surface area contributed by atoms with Crippen LogP contribution in [0.25, 0.3) is 0 Å². The number of hydrogen-bond acceptors (Lipinski definition) is 6. The number of likely N-dealkylation sites (N-methyl/N-ethyl adjacent to an activating group) is 1. The van der Waals surface area contributed by atoms with E-state index in [0.717, 1.165) is 5.56 Å². The van der Waals surface area contributed by atoms with Crippen molar-refractivity contribution in [2.75, 3.05) is 32.1 Å². The molecule has 0 bridgehead atoms. The molecular formula is C21H24ClN3O4. The first-order chi connectivity index (χ1) is 13.8. The lowest BCUT2D eigenvalue weighted by Gasteiger charge is -2.25. The largest absolute Gasteiger partial charge is 0.465 e. The fraction of sp³-hybridized carbons (Fsp3) is 0.381. The van der Waals surface area contributed by atoms with Gasteiger partial charge in [0.2, 0.25) is 5.91 Å². The van der Waals surface area contributed by atoms with E-state index in [4.69, 9.17) is 26.0 Å². The topological polar surface area (TPSA) is 86.8 Å². The van der Waals surface area contributed by atoms with E-state index >= 15 is 0 Å². The number of furan rings is 1. The molecule has 0 aliphatic carbocycles. The number of esters is 1. The SMILES string of the molecule is COC(=O)c1cc(CN(C)CC(=O)N(CCC#N)c2ccc(Cl)c(C)c2)oc1C. The maximum Gasteiger partial charge on any atom is 0.341 e. The van der Waals surface area contributed by atoms with Crippen molar-refractivity contribution in [1.29, 1.82) is 5.26 Å². The van der Waals surface area contributed by atoms with Crippen LogP contribution in [-0.4, -0.2) is 44.0 Å². The van der Waals surface area contributed by atoms with Gasteiger partial charge in [-0.1, -0.05) is 11.6 Å². The summed E-state index contributed by atoms with van der Waals surface area (Å²) in [6.07, 6.45) is 0.219. The Morgan fingerprint density at radius 3 is 2.62 bits per heavy atom. The van der Waals surface area contributed by atoms with Crippen LogP contribution in [0.2, 0.25) is 5.02 Å². The van der Waals surface area contributed by atoms with Crippen LogP contribution in [0.5, 0.6) is 0 Å². The van der Waals surface area contributed by atoms with Crippen LogP contribution in [0.1, 0.15) is 33.9 Å². The molecule has 0 fully saturated rings. The van der Waals surface area contributed by atoms with Gasteiger partial charge in [-0.05, 0) is 50.7 Å². The zero-order valence-corrected chi connectivity index (χ0v) is 17.7. The lowest BCUT2D eigenvalue weighted by molar-refractivity contribution is -0.119. The Morgan fingerprint density at radius 1 is 1.28 bits per heavy atom. The highest BCUT2D eigenvalue weighted by Crippen LogP contribution is 2.23. The molecule has 1 aromatic carbocycles. The molecule has 2 aromatic rings. The monoisotopic (exact) mass is 417 g/mol. The van der Waals surface area contributed by atoms with Crippen LogP contribution in [-0.2, 0) is 16.1 Å². The van der Waals surface area contributed by atoms with Crippen molar-refractivity contribution in [2.45, 2.75) is 26.8 Å². The summed E-state index contributed by atoms with van der Waals surface area (Å²) in [7, 11) is 3.09. The number of nitriles is 1. The van der Waals surface area contributed by atoms with Gasteiger partial charge < -0.3 is 14.1 Å². The van der Waals surface area contributed by atoms with Crippen molar-refractivity contribution >= 4 is 29.2 Å². The van der Waals surface area contributed by atoms with Gasteiger partial charge in [-0.3, -0.25) is 9.69 Å². The van der Waals surface area contributed by atoms with E-state index in [1.807, 2.05) is 13.0 Å². The summed E-state index contributed by atoms with van der Waals surface area (Å²) in [6.45, 7) is 4.29. The highest BCUT2D eigenvalue weighted by atomic mass is 35.5. The molecule has 8 heteroatoms. The first kappa shape index (κ1) is 22.5. The van der Waals surface area contributed by atoms with Crippen LogP contribution >= 0.6 is 11.6 Å². The second-order valence-electron chi connectivity index (χ2n) is 6.73. The third kappa shape index (κ3) is 5.83. The van der Waals surface area contributed by atoms with Crippen LogP contribution < -0.4 is 4.90 Å². The van der Waals surface area contributed by atoms with Gasteiger partial charge in [0.15, 0.2) is 0 Å². The minimum Gasteiger partial charge on any atom is -0.465 e. The summed E-state index contributed by atoms with van der Waals surface area (Å²) in [6, 6.07) is 9.03. The van der Waals surface area contributed by atoms with Crippen LogP contribution in [0.3, 0.4) is 0 Å². The molecule has 0 aliphatic rings. The Morgan fingerprint density at radius 2 is 2.00 bits per heavy atom. The average molecular weight is 418 g/mol. The van der Waals surface area contributed by atoms with Gasteiger partial charge in [0.25, 0.3) is 0 Å². The molecule has 1 heterocycles. The molecule has 0 aliphatic heterocycles. The highest BCUT2D eigenvalue weighted by molar-refractivity contribution is 6.31. The van der Waals surface area contributed by atoms with E-state index in [1.165, 1.54) is 7.11 Å². The average Bonchev–Trinajstić information content (AvgIpc) is 3.03. The van der Waals surface area contributed by atoms with Crippen molar-refractivity contribution in [1.82, 2.24) is 4.90 Å². The van der Waals surface area contributed by atoms with Gasteiger partial charge in [0.1, 0.15) is 17.1 Å². The zero-order chi connectivity index (χ0) is 21.6. The molecular weight excluding hydrogens is 394 g/mol. The fourth-order valence-corrected chi connectivity index (χ4v) is 3.05. The molecule has 1 amide bonds. The number of ether oxygens (including phenoxy) is 1. The third-order valence-corrected chi connectivity index (χ3v) is 4.83. The van der Waals surface area contributed by atoms with E-state index < -0.39 is 5.97 Å². The number of rotatable bonds is 8. The molecule has 0 radical (unpaired) electrons. The predicted molar refractivity (Wildman–Crippen MR) is 110 cm³/mol. The number of methoxy groups -OCH3 is 1. The third-order valence-electron chi connectivity index (χ3n) is 4.41. The Hall–Kier alpha value is -2.82. The molecule has 154 valence electrons. The number of benzene rings is 1. The Balaban J connectivity index is 2.11. The molecule has 0 spiro atoms. The molecule has 0 saturated heterocycles. The first-order valence-corrected chi connectivity index (χ1v) is 9.44. The molecule has 2 rings (SSSR count). The first-order valence-electron chi connectivity index (χ1n) is 9.06. The maximum atomic E-state index is 12.9. The van der Waals surface area contributed by atoms with Gasteiger partial charge >= 0.3 is 5.97 Å². The number of anilines is 1. The molecule has 29 heavy (non-hydrogen) atoms. The van der Waals surface area contributed by atoms with E-state index in [2.05, 4.69) is 6.07 Å². The summed E-state index contributed by atoms with van der Waals surface area (Å²) in [5.41, 5.74) is 1.92. The number of aryl methyl sites for hydroxylation is 2. The second-order valence-corrected chi connectivity index (χ2v) is 7.14. The second kappa shape index (κ2) is 10.1. The predicted octanol–water partition coefficient (Wildman–Crippen LogP) is 3.72. The van der Waals surface area contributed by atoms with Crippen LogP contribution in [0.4, 0.5) is 5.69 Å². The normalized spacial score (nSPS) is 10.7. The summed E-state index contributed by atoms with van der Waals surface area (Å²) >= 11 is 6.08. The molecule has 0 saturated carbocycles. The fourth-order valence-electron chi connectivity index (χ4n) is 2.93. The Kier molecular flexibility index (Phi) is 7.82. The molecule has 0 atom stereocenters. The van der Waals surface area contributed by atoms with Gasteiger partial charge in [-0.2, -0.15) is 5.26 Å². The van der Waals surface area contributed by atoms with E-state index in [1.54, 1.807) is 42.0 Å². The van der Waals surface area contributed by atoms with E-state index in [9.17, 15) is 9.59 Å². The lowest BCUT2D eigenvalue weighted by atomic mass is 10.2.